The molecule has 0 N–H and O–H groups in total. The molecule has 0 saturated heterocycles. The predicted octanol–water partition coefficient (Wildman–Crippen LogP) is 3.63. The molecule has 0 spiro atoms. The van der Waals surface area contributed by atoms with Crippen LogP contribution in [0.2, 0.25) is 0 Å². The van der Waals surface area contributed by atoms with E-state index in [2.05, 4.69) is 62.5 Å². The van der Waals surface area contributed by atoms with Crippen LogP contribution in [-0.2, 0) is 0 Å². The molecule has 3 rings (SSSR count). The van der Waals surface area contributed by atoms with Crippen LogP contribution >= 0.6 is 22.6 Å². The third-order valence-electron chi connectivity index (χ3n) is 2.54. The maximum Gasteiger partial charge on any atom is 0.100 e. The van der Waals surface area contributed by atoms with Crippen LogP contribution in [0.4, 0.5) is 0 Å². The van der Waals surface area contributed by atoms with Gasteiger partial charge in [-0.3, -0.25) is 4.57 Å². The standard InChI is InChI=1S/C13H9IN2/c14-10-6-7-12-13(8-10)16(9-15-12)11-4-2-1-3-5-11/h1-9H. The van der Waals surface area contributed by atoms with Crippen LogP contribution in [0.15, 0.2) is 54.9 Å². The van der Waals surface area contributed by atoms with E-state index in [-0.39, 0.29) is 0 Å². The number of fused-ring (bicyclic) bond motifs is 1. The summed E-state index contributed by atoms with van der Waals surface area (Å²) in [5.74, 6) is 0. The Labute approximate surface area is 107 Å². The summed E-state index contributed by atoms with van der Waals surface area (Å²) in [6, 6.07) is 16.5. The Kier molecular flexibility index (Phi) is 2.40. The van der Waals surface area contributed by atoms with Gasteiger partial charge in [0.15, 0.2) is 0 Å². The molecule has 0 saturated carbocycles. The van der Waals surface area contributed by atoms with Gasteiger partial charge in [0.25, 0.3) is 0 Å². The first-order chi connectivity index (χ1) is 7.84. The molecule has 1 aromatic heterocycles. The molecule has 0 aliphatic rings. The number of aromatic nitrogens is 2. The Hall–Kier alpha value is -1.36. The molecule has 1 heterocycles. The second-order valence-electron chi connectivity index (χ2n) is 3.58. The van der Waals surface area contributed by atoms with Gasteiger partial charge in [0.2, 0.25) is 0 Å². The van der Waals surface area contributed by atoms with Crippen LogP contribution in [0, 0.1) is 3.57 Å². The Morgan fingerprint density at radius 3 is 2.62 bits per heavy atom. The molecule has 0 bridgehead atoms. The van der Waals surface area contributed by atoms with Crippen LogP contribution in [0.5, 0.6) is 0 Å². The third-order valence-corrected chi connectivity index (χ3v) is 3.21. The van der Waals surface area contributed by atoms with E-state index in [0.717, 1.165) is 16.7 Å². The van der Waals surface area contributed by atoms with Gasteiger partial charge in [-0.2, -0.15) is 0 Å². The van der Waals surface area contributed by atoms with Crippen LogP contribution in [0.1, 0.15) is 0 Å². The molecule has 2 nitrogen and oxygen atoms in total. The van der Waals surface area contributed by atoms with E-state index in [1.54, 1.807) is 0 Å². The number of hydrogen-bond donors (Lipinski definition) is 0. The maximum atomic E-state index is 4.40. The second kappa shape index (κ2) is 3.90. The highest BCUT2D eigenvalue weighted by molar-refractivity contribution is 14.1. The zero-order valence-electron chi connectivity index (χ0n) is 8.47. The van der Waals surface area contributed by atoms with Gasteiger partial charge in [0, 0.05) is 9.26 Å². The van der Waals surface area contributed by atoms with Crippen molar-refractivity contribution in [2.24, 2.45) is 0 Å². The fourth-order valence-electron chi connectivity index (χ4n) is 1.78. The van der Waals surface area contributed by atoms with Gasteiger partial charge in [-0.25, -0.2) is 4.98 Å². The minimum atomic E-state index is 1.03. The Morgan fingerprint density at radius 2 is 1.81 bits per heavy atom. The summed E-state index contributed by atoms with van der Waals surface area (Å²) in [5, 5.41) is 0. The monoisotopic (exact) mass is 320 g/mol. The van der Waals surface area contributed by atoms with Gasteiger partial charge >= 0.3 is 0 Å². The van der Waals surface area contributed by atoms with E-state index in [1.165, 1.54) is 3.57 Å². The highest BCUT2D eigenvalue weighted by atomic mass is 127. The molecule has 0 aliphatic heterocycles. The van der Waals surface area contributed by atoms with Crippen molar-refractivity contribution < 1.29 is 0 Å². The normalized spacial score (nSPS) is 10.8. The molecule has 3 aromatic rings. The number of benzene rings is 2. The number of para-hydroxylation sites is 1. The first-order valence-corrected chi connectivity index (χ1v) is 6.10. The highest BCUT2D eigenvalue weighted by Crippen LogP contribution is 2.19. The van der Waals surface area contributed by atoms with Gasteiger partial charge < -0.3 is 0 Å². The first kappa shape index (κ1) is 9.84. The molecule has 0 aliphatic carbocycles. The van der Waals surface area contributed by atoms with E-state index >= 15 is 0 Å². The minimum Gasteiger partial charge on any atom is -0.299 e. The van der Waals surface area contributed by atoms with Crippen LogP contribution < -0.4 is 0 Å². The number of hydrogen-bond acceptors (Lipinski definition) is 1. The molecular weight excluding hydrogens is 311 g/mol. The lowest BCUT2D eigenvalue weighted by Gasteiger charge is -2.03. The van der Waals surface area contributed by atoms with Crippen molar-refractivity contribution >= 4 is 33.6 Å². The smallest absolute Gasteiger partial charge is 0.100 e. The SMILES string of the molecule is Ic1ccc2ncn(-c3ccccc3)c2c1. The van der Waals surface area contributed by atoms with Crippen molar-refractivity contribution in [2.75, 3.05) is 0 Å². The zero-order chi connectivity index (χ0) is 11.0. The fourth-order valence-corrected chi connectivity index (χ4v) is 2.25. The number of imidazole rings is 1. The second-order valence-corrected chi connectivity index (χ2v) is 4.83. The molecule has 0 radical (unpaired) electrons. The van der Waals surface area contributed by atoms with Crippen molar-refractivity contribution in [1.29, 1.82) is 0 Å². The largest absolute Gasteiger partial charge is 0.299 e. The fraction of sp³-hybridized carbons (Fsp3) is 0. The predicted molar refractivity (Wildman–Crippen MR) is 73.8 cm³/mol. The van der Waals surface area contributed by atoms with Gasteiger partial charge in [-0.05, 0) is 52.9 Å². The minimum absolute atomic E-state index is 1.03. The molecule has 0 atom stereocenters. The molecule has 0 unspecified atom stereocenters. The first-order valence-electron chi connectivity index (χ1n) is 5.02. The van der Waals surface area contributed by atoms with Gasteiger partial charge in [0.1, 0.15) is 6.33 Å². The lowest BCUT2D eigenvalue weighted by atomic mass is 10.3. The van der Waals surface area contributed by atoms with E-state index in [1.807, 2.05) is 24.5 Å². The third kappa shape index (κ3) is 1.61. The summed E-state index contributed by atoms with van der Waals surface area (Å²) in [6.45, 7) is 0. The lowest BCUT2D eigenvalue weighted by Crippen LogP contribution is -1.90. The van der Waals surface area contributed by atoms with Gasteiger partial charge in [-0.15, -0.1) is 0 Å². The van der Waals surface area contributed by atoms with Gasteiger partial charge in [0.05, 0.1) is 11.0 Å². The maximum absolute atomic E-state index is 4.40. The molecule has 0 amide bonds. The van der Waals surface area contributed by atoms with Crippen LogP contribution in [0.3, 0.4) is 0 Å². The lowest BCUT2D eigenvalue weighted by molar-refractivity contribution is 1.09. The summed E-state index contributed by atoms with van der Waals surface area (Å²) in [6.07, 6.45) is 1.87. The quantitative estimate of drug-likeness (QED) is 0.626. The van der Waals surface area contributed by atoms with Crippen molar-refractivity contribution in [3.05, 3.63) is 58.4 Å². The molecule has 2 aromatic carbocycles. The van der Waals surface area contributed by atoms with Crippen molar-refractivity contribution in [1.82, 2.24) is 9.55 Å². The van der Waals surface area contributed by atoms with E-state index in [0.29, 0.717) is 0 Å². The summed E-state index contributed by atoms with van der Waals surface area (Å²) < 4.78 is 3.33. The molecular formula is C13H9IN2. The van der Waals surface area contributed by atoms with Gasteiger partial charge in [-0.1, -0.05) is 18.2 Å². The average Bonchev–Trinajstić information content (AvgIpc) is 2.73. The summed E-state index contributed by atoms with van der Waals surface area (Å²) in [4.78, 5) is 4.40. The Balaban J connectivity index is 2.29. The van der Waals surface area contributed by atoms with E-state index < -0.39 is 0 Å². The number of halogens is 1. The number of rotatable bonds is 1. The number of nitrogens with zero attached hydrogens (tertiary/aromatic N) is 2. The Bertz CT molecular complexity index is 629. The van der Waals surface area contributed by atoms with Crippen molar-refractivity contribution in [2.45, 2.75) is 0 Å². The summed E-state index contributed by atoms with van der Waals surface area (Å²) >= 11 is 2.32. The van der Waals surface area contributed by atoms with E-state index in [9.17, 15) is 0 Å². The van der Waals surface area contributed by atoms with Crippen molar-refractivity contribution in [3.63, 3.8) is 0 Å². The molecule has 78 valence electrons. The topological polar surface area (TPSA) is 17.8 Å². The van der Waals surface area contributed by atoms with E-state index in [4.69, 9.17) is 0 Å². The van der Waals surface area contributed by atoms with Crippen LogP contribution in [0.25, 0.3) is 16.7 Å². The summed E-state index contributed by atoms with van der Waals surface area (Å²) in [5.41, 5.74) is 3.33. The molecule has 0 fully saturated rings. The Morgan fingerprint density at radius 1 is 1.00 bits per heavy atom. The summed E-state index contributed by atoms with van der Waals surface area (Å²) in [7, 11) is 0. The zero-order valence-corrected chi connectivity index (χ0v) is 10.6. The highest BCUT2D eigenvalue weighted by Gasteiger charge is 2.03. The molecule has 3 heteroatoms. The van der Waals surface area contributed by atoms with Crippen molar-refractivity contribution in [3.8, 4) is 5.69 Å². The average molecular weight is 320 g/mol. The van der Waals surface area contributed by atoms with Crippen LogP contribution in [-0.4, -0.2) is 9.55 Å². The molecule has 16 heavy (non-hydrogen) atoms.